The van der Waals surface area contributed by atoms with Crippen molar-refractivity contribution in [2.75, 3.05) is 0 Å². The van der Waals surface area contributed by atoms with E-state index in [0.717, 1.165) is 6.42 Å². The Morgan fingerprint density at radius 3 is 2.52 bits per heavy atom. The highest BCUT2D eigenvalue weighted by atomic mass is 32.1. The van der Waals surface area contributed by atoms with E-state index in [9.17, 15) is 0 Å². The van der Waals surface area contributed by atoms with Gasteiger partial charge in [-0.05, 0) is 86.2 Å². The predicted molar refractivity (Wildman–Crippen MR) is 98.3 cm³/mol. The van der Waals surface area contributed by atoms with Gasteiger partial charge in [0.1, 0.15) is 0 Å². The molecule has 0 amide bonds. The highest BCUT2D eigenvalue weighted by Gasteiger charge is 2.06. The van der Waals surface area contributed by atoms with E-state index in [1.807, 2.05) is 6.21 Å². The van der Waals surface area contributed by atoms with Gasteiger partial charge >= 0.3 is 0 Å². The Labute approximate surface area is 133 Å². The number of hydrogen-bond donors (Lipinski definition) is 0. The van der Waals surface area contributed by atoms with Crippen LogP contribution in [0.2, 0.25) is 0 Å². The van der Waals surface area contributed by atoms with E-state index in [1.165, 1.54) is 27.9 Å². The standard InChI is InChI=1S/C19H27NS/c1-7-15(5)19(17-9-10-21-13-17)11-18(14(3)4)12-20-16(6)8-2/h7,9-13,16H,8H2,1-6H3. The third-order valence-corrected chi connectivity index (χ3v) is 4.31. The Morgan fingerprint density at radius 2 is 2.05 bits per heavy atom. The Bertz CT molecular complexity index is 552. The van der Waals surface area contributed by atoms with Gasteiger partial charge < -0.3 is 0 Å². The van der Waals surface area contributed by atoms with E-state index < -0.39 is 0 Å². The van der Waals surface area contributed by atoms with Crippen LogP contribution in [-0.2, 0) is 0 Å². The predicted octanol–water partition coefficient (Wildman–Crippen LogP) is 6.30. The molecule has 0 aliphatic carbocycles. The number of aliphatic imine (C=N–C) groups is 1. The molecule has 1 nitrogen and oxygen atoms in total. The fourth-order valence-electron chi connectivity index (χ4n) is 1.78. The molecule has 1 unspecified atom stereocenters. The molecule has 0 radical (unpaired) electrons. The molecule has 0 spiro atoms. The molecule has 21 heavy (non-hydrogen) atoms. The SMILES string of the molecule is CC=C(C)C(=CC(C=NC(C)CC)=C(C)C)c1ccsc1. The lowest BCUT2D eigenvalue weighted by Gasteiger charge is -2.09. The summed E-state index contributed by atoms with van der Waals surface area (Å²) in [6, 6.07) is 2.55. The van der Waals surface area contributed by atoms with Gasteiger partial charge in [-0.3, -0.25) is 4.99 Å². The first kappa shape index (κ1) is 17.6. The molecule has 0 saturated carbocycles. The van der Waals surface area contributed by atoms with E-state index >= 15 is 0 Å². The van der Waals surface area contributed by atoms with Gasteiger partial charge in [-0.2, -0.15) is 11.3 Å². The molecule has 2 heteroatoms. The number of hydrogen-bond acceptors (Lipinski definition) is 2. The van der Waals surface area contributed by atoms with Crippen LogP contribution < -0.4 is 0 Å². The molecule has 0 aliphatic rings. The quantitative estimate of drug-likeness (QED) is 0.431. The molecule has 0 fully saturated rings. The second-order valence-electron chi connectivity index (χ2n) is 5.53. The van der Waals surface area contributed by atoms with Crippen LogP contribution in [0.1, 0.15) is 53.5 Å². The third kappa shape index (κ3) is 5.47. The lowest BCUT2D eigenvalue weighted by atomic mass is 9.97. The summed E-state index contributed by atoms with van der Waals surface area (Å²) in [5, 5.41) is 4.33. The topological polar surface area (TPSA) is 12.4 Å². The minimum atomic E-state index is 0.375. The van der Waals surface area contributed by atoms with E-state index in [-0.39, 0.29) is 0 Å². The van der Waals surface area contributed by atoms with Gasteiger partial charge in [-0.15, -0.1) is 0 Å². The van der Waals surface area contributed by atoms with Crippen molar-refractivity contribution in [1.82, 2.24) is 0 Å². The lowest BCUT2D eigenvalue weighted by Crippen LogP contribution is -1.97. The molecular formula is C19H27NS. The van der Waals surface area contributed by atoms with Gasteiger partial charge in [0, 0.05) is 12.3 Å². The smallest absolute Gasteiger partial charge is 0.0469 e. The first-order valence-corrected chi connectivity index (χ1v) is 8.52. The maximum absolute atomic E-state index is 4.64. The van der Waals surface area contributed by atoms with Crippen molar-refractivity contribution in [3.63, 3.8) is 0 Å². The summed E-state index contributed by atoms with van der Waals surface area (Å²) in [6.07, 6.45) is 7.52. The van der Waals surface area contributed by atoms with E-state index in [1.54, 1.807) is 11.3 Å². The van der Waals surface area contributed by atoms with Gasteiger partial charge in [-0.1, -0.05) is 18.6 Å². The highest BCUT2D eigenvalue weighted by molar-refractivity contribution is 7.08. The van der Waals surface area contributed by atoms with Crippen LogP contribution in [0.4, 0.5) is 0 Å². The summed E-state index contributed by atoms with van der Waals surface area (Å²) < 4.78 is 0. The average Bonchev–Trinajstić information content (AvgIpc) is 2.99. The molecule has 0 aliphatic heterocycles. The van der Waals surface area contributed by atoms with Gasteiger partial charge in [0.05, 0.1) is 0 Å². The average molecular weight is 301 g/mol. The Morgan fingerprint density at radius 1 is 1.33 bits per heavy atom. The van der Waals surface area contributed by atoms with E-state index in [4.69, 9.17) is 0 Å². The molecule has 114 valence electrons. The van der Waals surface area contributed by atoms with Crippen LogP contribution in [0.5, 0.6) is 0 Å². The molecule has 1 aromatic heterocycles. The van der Waals surface area contributed by atoms with Gasteiger partial charge in [-0.25, -0.2) is 0 Å². The molecule has 1 aromatic rings. The Hall–Kier alpha value is -1.41. The van der Waals surface area contributed by atoms with Gasteiger partial charge in [0.2, 0.25) is 0 Å². The van der Waals surface area contributed by atoms with Crippen molar-refractivity contribution in [3.8, 4) is 0 Å². The summed E-state index contributed by atoms with van der Waals surface area (Å²) in [7, 11) is 0. The molecule has 0 bridgehead atoms. The number of nitrogens with zero attached hydrogens (tertiary/aromatic N) is 1. The molecule has 0 saturated heterocycles. The summed E-state index contributed by atoms with van der Waals surface area (Å²) >= 11 is 1.74. The molecular weight excluding hydrogens is 274 g/mol. The van der Waals surface area contributed by atoms with Crippen molar-refractivity contribution in [2.45, 2.75) is 54.0 Å². The van der Waals surface area contributed by atoms with Crippen molar-refractivity contribution in [2.24, 2.45) is 4.99 Å². The van der Waals surface area contributed by atoms with Crippen molar-refractivity contribution in [1.29, 1.82) is 0 Å². The number of rotatable bonds is 6. The van der Waals surface area contributed by atoms with Crippen LogP contribution in [-0.4, -0.2) is 12.3 Å². The molecule has 1 rings (SSSR count). The van der Waals surface area contributed by atoms with Crippen molar-refractivity contribution >= 4 is 23.1 Å². The van der Waals surface area contributed by atoms with Crippen molar-refractivity contribution < 1.29 is 0 Å². The first-order valence-electron chi connectivity index (χ1n) is 7.57. The van der Waals surface area contributed by atoms with E-state index in [2.05, 4.69) is 75.5 Å². The first-order chi connectivity index (χ1) is 9.99. The zero-order chi connectivity index (χ0) is 15.8. The zero-order valence-corrected chi connectivity index (χ0v) is 14.9. The lowest BCUT2D eigenvalue weighted by molar-refractivity contribution is 0.720. The summed E-state index contributed by atoms with van der Waals surface area (Å²) in [5.41, 5.74) is 6.36. The zero-order valence-electron chi connectivity index (χ0n) is 14.1. The normalized spacial score (nSPS) is 14.6. The van der Waals surface area contributed by atoms with Gasteiger partial charge in [0.25, 0.3) is 0 Å². The minimum absolute atomic E-state index is 0.375. The fourth-order valence-corrected chi connectivity index (χ4v) is 2.43. The Balaban J connectivity index is 3.23. The maximum Gasteiger partial charge on any atom is 0.0469 e. The van der Waals surface area contributed by atoms with E-state index in [0.29, 0.717) is 6.04 Å². The Kier molecular flexibility index (Phi) is 7.38. The summed E-state index contributed by atoms with van der Waals surface area (Å²) in [5.74, 6) is 0. The molecule has 0 N–H and O–H groups in total. The third-order valence-electron chi connectivity index (χ3n) is 3.63. The summed E-state index contributed by atoms with van der Waals surface area (Å²) in [6.45, 7) is 12.9. The highest BCUT2D eigenvalue weighted by Crippen LogP contribution is 2.26. The van der Waals surface area contributed by atoms with Crippen LogP contribution in [0.3, 0.4) is 0 Å². The fraction of sp³-hybridized carbons (Fsp3) is 0.421. The van der Waals surface area contributed by atoms with Crippen LogP contribution in [0.25, 0.3) is 5.57 Å². The number of allylic oxidation sites excluding steroid dienone is 6. The second-order valence-corrected chi connectivity index (χ2v) is 6.31. The van der Waals surface area contributed by atoms with Crippen LogP contribution in [0.15, 0.2) is 50.7 Å². The molecule has 1 heterocycles. The number of thiophene rings is 1. The largest absolute Gasteiger partial charge is 0.290 e. The van der Waals surface area contributed by atoms with Gasteiger partial charge in [0.15, 0.2) is 0 Å². The van der Waals surface area contributed by atoms with Crippen LogP contribution >= 0.6 is 11.3 Å². The second kappa shape index (κ2) is 8.78. The van der Waals surface area contributed by atoms with Crippen LogP contribution in [0, 0.1) is 0 Å². The molecule has 0 aromatic carbocycles. The minimum Gasteiger partial charge on any atom is -0.290 e. The van der Waals surface area contributed by atoms with Crippen molar-refractivity contribution in [3.05, 3.63) is 51.3 Å². The maximum atomic E-state index is 4.64. The summed E-state index contributed by atoms with van der Waals surface area (Å²) in [4.78, 5) is 4.64. The molecule has 1 atom stereocenters. The monoisotopic (exact) mass is 301 g/mol.